The molecule has 1 aliphatic carbocycles. The lowest BCUT2D eigenvalue weighted by atomic mass is 9.86. The number of rotatable bonds is 1. The van der Waals surface area contributed by atoms with Crippen molar-refractivity contribution >= 4 is 0 Å². The van der Waals surface area contributed by atoms with Crippen molar-refractivity contribution in [2.75, 3.05) is 0 Å². The molecule has 0 heterocycles. The van der Waals surface area contributed by atoms with Crippen molar-refractivity contribution in [2.24, 2.45) is 5.73 Å². The lowest BCUT2D eigenvalue weighted by molar-refractivity contribution is 0.0775. The normalized spacial score (nSPS) is 25.4. The Morgan fingerprint density at radius 1 is 1.11 bits per heavy atom. The zero-order valence-corrected chi connectivity index (χ0v) is 11.4. The number of hydrogen-bond donors (Lipinski definition) is 2. The standard InChI is InChI=1S/C17H19NO/c1-11-7-8-13(9-12(11)2)17(19)10-16(18)14-5-3-4-6-15(14)17/h3-9,16,19H,10,18H2,1-2H3. The number of aliphatic hydroxyl groups is 1. The van der Waals surface area contributed by atoms with E-state index >= 15 is 0 Å². The van der Waals surface area contributed by atoms with Gasteiger partial charge in [0, 0.05) is 12.5 Å². The summed E-state index contributed by atoms with van der Waals surface area (Å²) in [6.07, 6.45) is 0.550. The van der Waals surface area contributed by atoms with Gasteiger partial charge in [-0.05, 0) is 41.7 Å². The summed E-state index contributed by atoms with van der Waals surface area (Å²) in [7, 11) is 0. The van der Waals surface area contributed by atoms with Gasteiger partial charge in [-0.1, -0.05) is 42.5 Å². The van der Waals surface area contributed by atoms with Crippen LogP contribution in [-0.2, 0) is 5.60 Å². The number of fused-ring (bicyclic) bond motifs is 1. The minimum atomic E-state index is -0.950. The maximum absolute atomic E-state index is 11.1. The summed E-state index contributed by atoms with van der Waals surface area (Å²) in [6, 6.07) is 14.0. The van der Waals surface area contributed by atoms with Crippen LogP contribution in [-0.4, -0.2) is 5.11 Å². The summed E-state index contributed by atoms with van der Waals surface area (Å²) in [5, 5.41) is 11.1. The van der Waals surface area contributed by atoms with Gasteiger partial charge in [0.1, 0.15) is 5.60 Å². The summed E-state index contributed by atoms with van der Waals surface area (Å²) < 4.78 is 0. The highest BCUT2D eigenvalue weighted by molar-refractivity contribution is 5.48. The molecular weight excluding hydrogens is 234 g/mol. The van der Waals surface area contributed by atoms with E-state index in [-0.39, 0.29) is 6.04 Å². The molecule has 0 bridgehead atoms. The minimum Gasteiger partial charge on any atom is -0.380 e. The van der Waals surface area contributed by atoms with Crippen molar-refractivity contribution in [1.82, 2.24) is 0 Å². The summed E-state index contributed by atoms with van der Waals surface area (Å²) in [5.74, 6) is 0. The molecule has 0 saturated heterocycles. The highest BCUT2D eigenvalue weighted by atomic mass is 16.3. The SMILES string of the molecule is Cc1ccc(C2(O)CC(N)c3ccccc32)cc1C. The van der Waals surface area contributed by atoms with E-state index in [0.717, 1.165) is 16.7 Å². The van der Waals surface area contributed by atoms with E-state index in [1.807, 2.05) is 30.3 Å². The van der Waals surface area contributed by atoms with Crippen molar-refractivity contribution in [2.45, 2.75) is 31.9 Å². The highest BCUT2D eigenvalue weighted by Crippen LogP contribution is 2.46. The Morgan fingerprint density at radius 2 is 1.84 bits per heavy atom. The molecular formula is C17H19NO. The van der Waals surface area contributed by atoms with Crippen molar-refractivity contribution in [3.63, 3.8) is 0 Å². The van der Waals surface area contributed by atoms with E-state index < -0.39 is 5.60 Å². The van der Waals surface area contributed by atoms with Crippen LogP contribution in [0.25, 0.3) is 0 Å². The molecule has 3 N–H and O–H groups in total. The van der Waals surface area contributed by atoms with E-state index in [4.69, 9.17) is 5.73 Å². The zero-order valence-electron chi connectivity index (χ0n) is 11.4. The Balaban J connectivity index is 2.17. The number of nitrogens with two attached hydrogens (primary N) is 1. The third-order valence-corrected chi connectivity index (χ3v) is 4.31. The molecule has 0 aromatic heterocycles. The van der Waals surface area contributed by atoms with E-state index in [0.29, 0.717) is 6.42 Å². The quantitative estimate of drug-likeness (QED) is 0.820. The van der Waals surface area contributed by atoms with Crippen LogP contribution in [0.15, 0.2) is 42.5 Å². The number of aryl methyl sites for hydroxylation is 2. The smallest absolute Gasteiger partial charge is 0.117 e. The molecule has 0 saturated carbocycles. The van der Waals surface area contributed by atoms with Crippen LogP contribution in [0, 0.1) is 13.8 Å². The van der Waals surface area contributed by atoms with Crippen LogP contribution in [0.2, 0.25) is 0 Å². The second-order valence-electron chi connectivity index (χ2n) is 5.56. The topological polar surface area (TPSA) is 46.2 Å². The Kier molecular flexibility index (Phi) is 2.73. The first kappa shape index (κ1) is 12.4. The van der Waals surface area contributed by atoms with Gasteiger partial charge in [0.2, 0.25) is 0 Å². The molecule has 2 nitrogen and oxygen atoms in total. The molecule has 0 amide bonds. The van der Waals surface area contributed by atoms with E-state index in [1.165, 1.54) is 11.1 Å². The molecule has 3 rings (SSSR count). The maximum Gasteiger partial charge on any atom is 0.117 e. The third-order valence-electron chi connectivity index (χ3n) is 4.31. The van der Waals surface area contributed by atoms with Crippen LogP contribution in [0.1, 0.15) is 40.3 Å². The Labute approximate surface area is 113 Å². The van der Waals surface area contributed by atoms with Crippen LogP contribution >= 0.6 is 0 Å². The van der Waals surface area contributed by atoms with E-state index in [9.17, 15) is 5.11 Å². The van der Waals surface area contributed by atoms with Gasteiger partial charge in [0.05, 0.1) is 0 Å². The summed E-state index contributed by atoms with van der Waals surface area (Å²) in [6.45, 7) is 4.15. The Bertz CT molecular complexity index is 635. The molecule has 2 aromatic rings. The van der Waals surface area contributed by atoms with Gasteiger partial charge in [-0.3, -0.25) is 0 Å². The largest absolute Gasteiger partial charge is 0.380 e. The molecule has 2 heteroatoms. The first-order valence-corrected chi connectivity index (χ1v) is 6.67. The molecule has 98 valence electrons. The molecule has 19 heavy (non-hydrogen) atoms. The van der Waals surface area contributed by atoms with Gasteiger partial charge in [-0.15, -0.1) is 0 Å². The second kappa shape index (κ2) is 4.19. The van der Waals surface area contributed by atoms with Crippen molar-refractivity contribution in [1.29, 1.82) is 0 Å². The summed E-state index contributed by atoms with van der Waals surface area (Å²) >= 11 is 0. The summed E-state index contributed by atoms with van der Waals surface area (Å²) in [5.41, 5.74) is 10.6. The van der Waals surface area contributed by atoms with Gasteiger partial charge >= 0.3 is 0 Å². The first-order valence-electron chi connectivity index (χ1n) is 6.67. The van der Waals surface area contributed by atoms with Gasteiger partial charge in [0.15, 0.2) is 0 Å². The van der Waals surface area contributed by atoms with Gasteiger partial charge in [0.25, 0.3) is 0 Å². The lowest BCUT2D eigenvalue weighted by Gasteiger charge is -2.25. The number of benzene rings is 2. The van der Waals surface area contributed by atoms with Crippen molar-refractivity contribution < 1.29 is 5.11 Å². The summed E-state index contributed by atoms with van der Waals surface area (Å²) in [4.78, 5) is 0. The minimum absolute atomic E-state index is 0.0946. The maximum atomic E-state index is 11.1. The van der Waals surface area contributed by atoms with Crippen molar-refractivity contribution in [3.05, 3.63) is 70.3 Å². The molecule has 2 atom stereocenters. The van der Waals surface area contributed by atoms with E-state index in [2.05, 4.69) is 26.0 Å². The van der Waals surface area contributed by atoms with Crippen LogP contribution < -0.4 is 5.73 Å². The first-order chi connectivity index (χ1) is 9.02. The van der Waals surface area contributed by atoms with Gasteiger partial charge in [-0.2, -0.15) is 0 Å². The average Bonchev–Trinajstić information content (AvgIpc) is 2.67. The Morgan fingerprint density at radius 3 is 2.58 bits per heavy atom. The van der Waals surface area contributed by atoms with E-state index in [1.54, 1.807) is 0 Å². The van der Waals surface area contributed by atoms with Crippen LogP contribution in [0.4, 0.5) is 0 Å². The van der Waals surface area contributed by atoms with Gasteiger partial charge in [-0.25, -0.2) is 0 Å². The predicted molar refractivity (Wildman–Crippen MR) is 76.9 cm³/mol. The highest BCUT2D eigenvalue weighted by Gasteiger charge is 2.42. The molecule has 1 aliphatic rings. The van der Waals surface area contributed by atoms with Gasteiger partial charge < -0.3 is 10.8 Å². The van der Waals surface area contributed by atoms with Crippen molar-refractivity contribution in [3.8, 4) is 0 Å². The second-order valence-corrected chi connectivity index (χ2v) is 5.56. The lowest BCUT2D eigenvalue weighted by Crippen LogP contribution is -2.25. The monoisotopic (exact) mass is 253 g/mol. The molecule has 2 unspecified atom stereocenters. The predicted octanol–water partition coefficient (Wildman–Crippen LogP) is 2.94. The molecule has 2 aromatic carbocycles. The number of hydrogen-bond acceptors (Lipinski definition) is 2. The molecule has 0 fully saturated rings. The molecule has 0 spiro atoms. The van der Waals surface area contributed by atoms with Crippen LogP contribution in [0.3, 0.4) is 0 Å². The fourth-order valence-electron chi connectivity index (χ4n) is 3.01. The molecule has 0 aliphatic heterocycles. The fourth-order valence-corrected chi connectivity index (χ4v) is 3.01. The zero-order chi connectivity index (χ0) is 13.6. The van der Waals surface area contributed by atoms with Crippen LogP contribution in [0.5, 0.6) is 0 Å². The third kappa shape index (κ3) is 1.79. The average molecular weight is 253 g/mol. The fraction of sp³-hybridized carbons (Fsp3) is 0.294. The Hall–Kier alpha value is -1.64. The molecule has 0 radical (unpaired) electrons.